The smallest absolute Gasteiger partial charge is 0.256 e. The standard InChI is InChI=1S/C15H14N4O/c16-7-3-9-19(10-4-8-17)15(20)13-11-18-14-6-2-1-5-12(13)14/h1-2,5-6,11,18H,3-4,9-10H2. The van der Waals surface area contributed by atoms with Crippen LogP contribution in [0.2, 0.25) is 0 Å². The van der Waals surface area contributed by atoms with Crippen molar-refractivity contribution < 1.29 is 4.79 Å². The van der Waals surface area contributed by atoms with Crippen molar-refractivity contribution >= 4 is 16.8 Å². The van der Waals surface area contributed by atoms with Crippen molar-refractivity contribution in [3.05, 3.63) is 36.0 Å². The number of hydrogen-bond acceptors (Lipinski definition) is 3. The van der Waals surface area contributed by atoms with E-state index in [1.165, 1.54) is 0 Å². The summed E-state index contributed by atoms with van der Waals surface area (Å²) in [6, 6.07) is 11.6. The molecule has 0 spiro atoms. The van der Waals surface area contributed by atoms with E-state index >= 15 is 0 Å². The summed E-state index contributed by atoms with van der Waals surface area (Å²) in [5.74, 6) is -0.145. The largest absolute Gasteiger partial charge is 0.360 e. The van der Waals surface area contributed by atoms with Crippen molar-refractivity contribution in [1.82, 2.24) is 9.88 Å². The Morgan fingerprint density at radius 3 is 2.45 bits per heavy atom. The molecule has 5 nitrogen and oxygen atoms in total. The van der Waals surface area contributed by atoms with Crippen LogP contribution in [-0.2, 0) is 0 Å². The van der Waals surface area contributed by atoms with Gasteiger partial charge in [0.15, 0.2) is 0 Å². The quantitative estimate of drug-likeness (QED) is 0.902. The summed E-state index contributed by atoms with van der Waals surface area (Å²) >= 11 is 0. The number of aromatic nitrogens is 1. The molecule has 1 aromatic heterocycles. The highest BCUT2D eigenvalue weighted by atomic mass is 16.2. The number of nitrogens with zero attached hydrogens (tertiary/aromatic N) is 3. The van der Waals surface area contributed by atoms with Gasteiger partial charge in [0.05, 0.1) is 30.5 Å². The van der Waals surface area contributed by atoms with Crippen LogP contribution in [0.25, 0.3) is 10.9 Å². The third-order valence-corrected chi connectivity index (χ3v) is 3.09. The Labute approximate surface area is 117 Å². The number of hydrogen-bond donors (Lipinski definition) is 1. The van der Waals surface area contributed by atoms with Gasteiger partial charge >= 0.3 is 0 Å². The number of benzene rings is 1. The van der Waals surface area contributed by atoms with Crippen molar-refractivity contribution in [1.29, 1.82) is 10.5 Å². The number of para-hydroxylation sites is 1. The van der Waals surface area contributed by atoms with Crippen LogP contribution < -0.4 is 0 Å². The first-order chi connectivity index (χ1) is 9.77. The van der Waals surface area contributed by atoms with Crippen molar-refractivity contribution in [2.75, 3.05) is 13.1 Å². The highest BCUT2D eigenvalue weighted by Crippen LogP contribution is 2.19. The topological polar surface area (TPSA) is 83.7 Å². The summed E-state index contributed by atoms with van der Waals surface area (Å²) in [6.07, 6.45) is 2.21. The summed E-state index contributed by atoms with van der Waals surface area (Å²) < 4.78 is 0. The minimum absolute atomic E-state index is 0.145. The van der Waals surface area contributed by atoms with Crippen LogP contribution in [0.4, 0.5) is 0 Å². The lowest BCUT2D eigenvalue weighted by atomic mass is 10.1. The minimum atomic E-state index is -0.145. The van der Waals surface area contributed by atoms with Gasteiger partial charge < -0.3 is 9.88 Å². The second-order valence-corrected chi connectivity index (χ2v) is 4.36. The molecule has 2 rings (SSSR count). The average Bonchev–Trinajstić information content (AvgIpc) is 2.91. The van der Waals surface area contributed by atoms with Crippen LogP contribution in [0.5, 0.6) is 0 Å². The van der Waals surface area contributed by atoms with Crippen LogP contribution in [0.3, 0.4) is 0 Å². The molecular weight excluding hydrogens is 252 g/mol. The number of carbonyl (C=O) groups excluding carboxylic acids is 1. The predicted molar refractivity (Wildman–Crippen MR) is 74.7 cm³/mol. The van der Waals surface area contributed by atoms with Gasteiger partial charge in [0.1, 0.15) is 0 Å². The van der Waals surface area contributed by atoms with E-state index in [0.29, 0.717) is 18.7 Å². The Morgan fingerprint density at radius 1 is 1.15 bits per heavy atom. The fourth-order valence-corrected chi connectivity index (χ4v) is 2.10. The number of nitriles is 2. The zero-order valence-corrected chi connectivity index (χ0v) is 11.0. The third kappa shape index (κ3) is 2.78. The summed E-state index contributed by atoms with van der Waals surface area (Å²) in [4.78, 5) is 17.1. The first-order valence-corrected chi connectivity index (χ1v) is 6.37. The normalized spacial score (nSPS) is 9.90. The molecule has 0 unspecified atom stereocenters. The molecular formula is C15H14N4O. The SMILES string of the molecule is N#CCCN(CCC#N)C(=O)c1c[nH]c2ccccc12. The molecule has 0 aliphatic rings. The molecule has 0 saturated carbocycles. The highest BCUT2D eigenvalue weighted by molar-refractivity contribution is 6.06. The van der Waals surface area contributed by atoms with Crippen LogP contribution >= 0.6 is 0 Å². The molecule has 0 saturated heterocycles. The molecule has 5 heteroatoms. The number of rotatable bonds is 5. The Bertz CT molecular complexity index is 672. The van der Waals surface area contributed by atoms with Crippen LogP contribution in [0, 0.1) is 22.7 Å². The van der Waals surface area contributed by atoms with E-state index in [-0.39, 0.29) is 18.7 Å². The molecule has 1 aromatic carbocycles. The Balaban J connectivity index is 2.26. The van der Waals surface area contributed by atoms with Gasteiger partial charge in [-0.05, 0) is 6.07 Å². The van der Waals surface area contributed by atoms with Crippen molar-refractivity contribution in [2.24, 2.45) is 0 Å². The van der Waals surface area contributed by atoms with Gasteiger partial charge in [0.2, 0.25) is 0 Å². The fraction of sp³-hybridized carbons (Fsp3) is 0.267. The van der Waals surface area contributed by atoms with E-state index in [2.05, 4.69) is 4.98 Å². The zero-order chi connectivity index (χ0) is 14.4. The van der Waals surface area contributed by atoms with E-state index in [0.717, 1.165) is 10.9 Å². The molecule has 0 aliphatic carbocycles. The first kappa shape index (κ1) is 13.6. The summed E-state index contributed by atoms with van der Waals surface area (Å²) in [7, 11) is 0. The van der Waals surface area contributed by atoms with Gasteiger partial charge in [0, 0.05) is 30.2 Å². The molecule has 0 aliphatic heterocycles. The maximum absolute atomic E-state index is 12.5. The number of carbonyl (C=O) groups is 1. The van der Waals surface area contributed by atoms with Gasteiger partial charge in [-0.2, -0.15) is 10.5 Å². The number of fused-ring (bicyclic) bond motifs is 1. The lowest BCUT2D eigenvalue weighted by Crippen LogP contribution is -2.32. The number of aromatic amines is 1. The van der Waals surface area contributed by atoms with E-state index in [9.17, 15) is 4.79 Å². The van der Waals surface area contributed by atoms with E-state index in [1.54, 1.807) is 11.1 Å². The molecule has 1 N–H and O–H groups in total. The molecule has 0 bridgehead atoms. The number of nitrogens with one attached hydrogen (secondary N) is 1. The molecule has 1 amide bonds. The summed E-state index contributed by atoms with van der Waals surface area (Å²) in [5, 5.41) is 18.2. The Kier molecular flexibility index (Phi) is 4.36. The predicted octanol–water partition coefficient (Wildman–Crippen LogP) is 2.44. The van der Waals surface area contributed by atoms with Gasteiger partial charge in [-0.15, -0.1) is 0 Å². The minimum Gasteiger partial charge on any atom is -0.360 e. The molecule has 2 aromatic rings. The van der Waals surface area contributed by atoms with Crippen LogP contribution in [0.1, 0.15) is 23.2 Å². The molecule has 1 heterocycles. The Morgan fingerprint density at radius 2 is 1.80 bits per heavy atom. The lowest BCUT2D eigenvalue weighted by molar-refractivity contribution is 0.0764. The van der Waals surface area contributed by atoms with Gasteiger partial charge in [0.25, 0.3) is 5.91 Å². The number of amides is 1. The molecule has 20 heavy (non-hydrogen) atoms. The van der Waals surface area contributed by atoms with Gasteiger partial charge in [-0.3, -0.25) is 4.79 Å². The molecule has 0 radical (unpaired) electrons. The first-order valence-electron chi connectivity index (χ1n) is 6.37. The summed E-state index contributed by atoms with van der Waals surface area (Å²) in [5.41, 5.74) is 1.48. The van der Waals surface area contributed by atoms with Crippen LogP contribution in [-0.4, -0.2) is 28.9 Å². The maximum Gasteiger partial charge on any atom is 0.256 e. The second kappa shape index (κ2) is 6.40. The van der Waals surface area contributed by atoms with Crippen molar-refractivity contribution in [3.63, 3.8) is 0 Å². The molecule has 0 fully saturated rings. The van der Waals surface area contributed by atoms with Gasteiger partial charge in [-0.25, -0.2) is 0 Å². The van der Waals surface area contributed by atoms with E-state index in [1.807, 2.05) is 36.4 Å². The monoisotopic (exact) mass is 266 g/mol. The highest BCUT2D eigenvalue weighted by Gasteiger charge is 2.18. The number of H-pyrrole nitrogens is 1. The fourth-order valence-electron chi connectivity index (χ4n) is 2.10. The zero-order valence-electron chi connectivity index (χ0n) is 11.0. The Hall–Kier alpha value is -2.79. The average molecular weight is 266 g/mol. The second-order valence-electron chi connectivity index (χ2n) is 4.36. The molecule has 100 valence electrons. The van der Waals surface area contributed by atoms with Crippen LogP contribution in [0.15, 0.2) is 30.5 Å². The maximum atomic E-state index is 12.5. The third-order valence-electron chi connectivity index (χ3n) is 3.09. The summed E-state index contributed by atoms with van der Waals surface area (Å²) in [6.45, 7) is 0.688. The molecule has 0 atom stereocenters. The van der Waals surface area contributed by atoms with Crippen molar-refractivity contribution in [2.45, 2.75) is 12.8 Å². The van der Waals surface area contributed by atoms with E-state index in [4.69, 9.17) is 10.5 Å². The van der Waals surface area contributed by atoms with Crippen molar-refractivity contribution in [3.8, 4) is 12.1 Å². The van der Waals surface area contributed by atoms with Gasteiger partial charge in [-0.1, -0.05) is 18.2 Å². The van der Waals surface area contributed by atoms with E-state index < -0.39 is 0 Å². The lowest BCUT2D eigenvalue weighted by Gasteiger charge is -2.19.